The number of hydrogen-bond acceptors (Lipinski definition) is 1. The van der Waals surface area contributed by atoms with Crippen LogP contribution in [-0.2, 0) is 4.74 Å². The Hall–Kier alpha value is -0.980. The molecular formula is C19H29O. The number of allylic oxidation sites excluding steroid dienone is 3. The van der Waals surface area contributed by atoms with Gasteiger partial charge in [-0.1, -0.05) is 46.1 Å². The van der Waals surface area contributed by atoms with Gasteiger partial charge in [-0.05, 0) is 55.7 Å². The molecule has 1 heterocycles. The van der Waals surface area contributed by atoms with Gasteiger partial charge < -0.3 is 4.74 Å². The Bertz CT molecular complexity index is 411. The Labute approximate surface area is 124 Å². The van der Waals surface area contributed by atoms with Crippen LogP contribution in [0, 0.1) is 6.10 Å². The Morgan fingerprint density at radius 2 is 1.45 bits per heavy atom. The molecule has 0 aromatic heterocycles. The van der Waals surface area contributed by atoms with Crippen molar-refractivity contribution >= 4 is 0 Å². The molecule has 111 valence electrons. The molecule has 1 aliphatic heterocycles. The van der Waals surface area contributed by atoms with Gasteiger partial charge in [-0.2, -0.15) is 0 Å². The lowest BCUT2D eigenvalue weighted by Crippen LogP contribution is -2.00. The lowest BCUT2D eigenvalue weighted by Gasteiger charge is -2.13. The summed E-state index contributed by atoms with van der Waals surface area (Å²) >= 11 is 0. The summed E-state index contributed by atoms with van der Waals surface area (Å²) in [5, 5.41) is 0. The Kier molecular flexibility index (Phi) is 5.94. The third-order valence-corrected chi connectivity index (χ3v) is 4.21. The average molecular weight is 273 g/mol. The van der Waals surface area contributed by atoms with Gasteiger partial charge in [0, 0.05) is 5.57 Å². The van der Waals surface area contributed by atoms with Crippen molar-refractivity contribution in [2.45, 2.75) is 78.6 Å². The highest BCUT2D eigenvalue weighted by molar-refractivity contribution is 5.60. The van der Waals surface area contributed by atoms with Crippen LogP contribution in [-0.4, -0.2) is 0 Å². The van der Waals surface area contributed by atoms with E-state index in [1.807, 2.05) is 0 Å². The molecule has 0 bridgehead atoms. The van der Waals surface area contributed by atoms with Crippen molar-refractivity contribution in [3.63, 3.8) is 0 Å². The minimum Gasteiger partial charge on any atom is -0.478 e. The molecule has 0 spiro atoms. The second-order valence-corrected chi connectivity index (χ2v) is 5.91. The summed E-state index contributed by atoms with van der Waals surface area (Å²) in [6, 6.07) is 0. The van der Waals surface area contributed by atoms with E-state index >= 15 is 0 Å². The van der Waals surface area contributed by atoms with Gasteiger partial charge in [-0.25, -0.2) is 0 Å². The van der Waals surface area contributed by atoms with Crippen LogP contribution in [0.1, 0.15) is 78.6 Å². The van der Waals surface area contributed by atoms with E-state index in [1.54, 1.807) is 0 Å². The summed E-state index contributed by atoms with van der Waals surface area (Å²) in [7, 11) is 0. The van der Waals surface area contributed by atoms with Crippen LogP contribution < -0.4 is 0 Å². The second kappa shape index (κ2) is 7.71. The van der Waals surface area contributed by atoms with Gasteiger partial charge >= 0.3 is 0 Å². The molecule has 0 unspecified atom stereocenters. The van der Waals surface area contributed by atoms with Gasteiger partial charge in [0.05, 0.1) is 0 Å². The first-order chi connectivity index (χ1) is 9.81. The molecule has 0 aromatic carbocycles. The highest BCUT2D eigenvalue weighted by atomic mass is 16.5. The zero-order valence-corrected chi connectivity index (χ0v) is 13.4. The van der Waals surface area contributed by atoms with E-state index < -0.39 is 0 Å². The molecule has 0 amide bonds. The molecule has 2 rings (SSSR count). The summed E-state index contributed by atoms with van der Waals surface area (Å²) in [6.07, 6.45) is 16.8. The topological polar surface area (TPSA) is 9.23 Å². The van der Waals surface area contributed by atoms with Crippen LogP contribution >= 0.6 is 0 Å². The Morgan fingerprint density at radius 1 is 0.800 bits per heavy atom. The first kappa shape index (κ1) is 15.4. The first-order valence-corrected chi connectivity index (χ1v) is 8.50. The number of ether oxygens (including phenoxy) is 1. The molecule has 0 saturated carbocycles. The molecular weight excluding hydrogens is 244 g/mol. The monoisotopic (exact) mass is 273 g/mol. The summed E-state index contributed by atoms with van der Waals surface area (Å²) in [5.41, 5.74) is 4.49. The number of rotatable bonds is 9. The van der Waals surface area contributed by atoms with E-state index in [-0.39, 0.29) is 0 Å². The van der Waals surface area contributed by atoms with Crippen LogP contribution in [0.2, 0.25) is 0 Å². The van der Waals surface area contributed by atoms with Gasteiger partial charge in [-0.15, -0.1) is 0 Å². The fraction of sp³-hybridized carbons (Fsp3) is 0.632. The normalized spacial score (nSPS) is 18.1. The highest BCUT2D eigenvalue weighted by Crippen LogP contribution is 2.47. The standard InChI is InChI=1S/C19H29O/c1-4-7-10-15-13-14-18-19(15)16(11-8-5-2)17(20-18)12-9-6-3/h13-14H,4-12H2,1-3H3. The fourth-order valence-corrected chi connectivity index (χ4v) is 3.00. The van der Waals surface area contributed by atoms with Gasteiger partial charge in [0.2, 0.25) is 0 Å². The lowest BCUT2D eigenvalue weighted by molar-refractivity contribution is 0.252. The predicted molar refractivity (Wildman–Crippen MR) is 86.1 cm³/mol. The Balaban J connectivity index is 2.14. The maximum absolute atomic E-state index is 6.16. The van der Waals surface area contributed by atoms with Crippen LogP contribution in [0.3, 0.4) is 0 Å². The summed E-state index contributed by atoms with van der Waals surface area (Å²) in [5.74, 6) is 1.13. The number of hydrogen-bond donors (Lipinski definition) is 0. The zero-order valence-electron chi connectivity index (χ0n) is 13.4. The molecule has 1 radical (unpaired) electrons. The third kappa shape index (κ3) is 3.37. The van der Waals surface area contributed by atoms with Crippen molar-refractivity contribution in [3.05, 3.63) is 40.7 Å². The van der Waals surface area contributed by atoms with Gasteiger partial charge in [0.15, 0.2) is 6.10 Å². The average Bonchev–Trinajstić information content (AvgIpc) is 3.00. The SMILES string of the molecule is CCCC[C]1OC2=CC=C(CCCC)C2=C1CCCC. The van der Waals surface area contributed by atoms with Crippen LogP contribution in [0.4, 0.5) is 0 Å². The van der Waals surface area contributed by atoms with Crippen molar-refractivity contribution < 1.29 is 4.74 Å². The van der Waals surface area contributed by atoms with E-state index in [0.717, 1.165) is 12.2 Å². The van der Waals surface area contributed by atoms with E-state index in [4.69, 9.17) is 4.74 Å². The highest BCUT2D eigenvalue weighted by Gasteiger charge is 2.34. The van der Waals surface area contributed by atoms with E-state index in [1.165, 1.54) is 74.2 Å². The summed E-state index contributed by atoms with van der Waals surface area (Å²) in [6.45, 7) is 6.78. The molecule has 1 aliphatic carbocycles. The summed E-state index contributed by atoms with van der Waals surface area (Å²) < 4.78 is 6.16. The van der Waals surface area contributed by atoms with Crippen molar-refractivity contribution in [1.29, 1.82) is 0 Å². The Morgan fingerprint density at radius 3 is 2.15 bits per heavy atom. The van der Waals surface area contributed by atoms with Crippen molar-refractivity contribution in [3.8, 4) is 0 Å². The van der Waals surface area contributed by atoms with Gasteiger partial charge in [0.1, 0.15) is 5.76 Å². The van der Waals surface area contributed by atoms with Crippen LogP contribution in [0.25, 0.3) is 0 Å². The maximum atomic E-state index is 6.16. The third-order valence-electron chi connectivity index (χ3n) is 4.21. The van der Waals surface area contributed by atoms with Crippen molar-refractivity contribution in [2.24, 2.45) is 0 Å². The maximum Gasteiger partial charge on any atom is 0.174 e. The zero-order chi connectivity index (χ0) is 14.4. The van der Waals surface area contributed by atoms with E-state index in [9.17, 15) is 0 Å². The minimum absolute atomic E-state index is 1.11. The van der Waals surface area contributed by atoms with Crippen LogP contribution in [0.15, 0.2) is 34.6 Å². The van der Waals surface area contributed by atoms with E-state index in [0.29, 0.717) is 0 Å². The van der Waals surface area contributed by atoms with Crippen LogP contribution in [0.5, 0.6) is 0 Å². The number of unbranched alkanes of at least 4 members (excludes halogenated alkanes) is 3. The first-order valence-electron chi connectivity index (χ1n) is 8.50. The van der Waals surface area contributed by atoms with Gasteiger partial charge in [0.25, 0.3) is 0 Å². The quantitative estimate of drug-likeness (QED) is 0.483. The smallest absolute Gasteiger partial charge is 0.174 e. The summed E-state index contributed by atoms with van der Waals surface area (Å²) in [4.78, 5) is 0. The molecule has 0 atom stereocenters. The molecule has 0 fully saturated rings. The van der Waals surface area contributed by atoms with Crippen molar-refractivity contribution in [1.82, 2.24) is 0 Å². The fourth-order valence-electron chi connectivity index (χ4n) is 3.00. The molecule has 0 saturated heterocycles. The van der Waals surface area contributed by atoms with E-state index in [2.05, 4.69) is 32.9 Å². The van der Waals surface area contributed by atoms with Gasteiger partial charge in [-0.3, -0.25) is 0 Å². The molecule has 1 heteroatoms. The molecule has 2 aliphatic rings. The van der Waals surface area contributed by atoms with Crippen molar-refractivity contribution in [2.75, 3.05) is 0 Å². The minimum atomic E-state index is 1.11. The molecule has 0 N–H and O–H groups in total. The molecule has 20 heavy (non-hydrogen) atoms. The largest absolute Gasteiger partial charge is 0.478 e. The second-order valence-electron chi connectivity index (χ2n) is 5.91. The molecule has 1 nitrogen and oxygen atoms in total. The number of fused-ring (bicyclic) bond motifs is 1. The molecule has 0 aromatic rings. The lowest BCUT2D eigenvalue weighted by atomic mass is 9.91. The predicted octanol–water partition coefficient (Wildman–Crippen LogP) is 6.24.